The van der Waals surface area contributed by atoms with Gasteiger partial charge in [0, 0.05) is 11.1 Å². The Morgan fingerprint density at radius 3 is 2.31 bits per heavy atom. The van der Waals surface area contributed by atoms with Crippen molar-refractivity contribution in [2.24, 2.45) is 0 Å². The molecule has 2 rings (SSSR count). The lowest BCUT2D eigenvalue weighted by molar-refractivity contribution is -0.411. The minimum atomic E-state index is -5.81. The van der Waals surface area contributed by atoms with Crippen LogP contribution in [0.2, 0.25) is 0 Å². The van der Waals surface area contributed by atoms with Crippen molar-refractivity contribution in [1.82, 2.24) is 9.78 Å². The van der Waals surface area contributed by atoms with Gasteiger partial charge in [-0.1, -0.05) is 0 Å². The van der Waals surface area contributed by atoms with Gasteiger partial charge in [-0.15, -0.1) is 30.0 Å². The van der Waals surface area contributed by atoms with E-state index >= 15 is 0 Å². The summed E-state index contributed by atoms with van der Waals surface area (Å²) in [5, 5.41) is 3.33. The number of aromatic nitrogens is 2. The number of carbonyl (C=O) groups excluding carboxylic acids is 1. The summed E-state index contributed by atoms with van der Waals surface area (Å²) in [6.45, 7) is 2.27. The van der Waals surface area contributed by atoms with Gasteiger partial charge < -0.3 is 9.47 Å². The Morgan fingerprint density at radius 2 is 1.77 bits per heavy atom. The third-order valence-electron chi connectivity index (χ3n) is 3.79. The van der Waals surface area contributed by atoms with E-state index in [2.05, 4.69) is 19.3 Å². The fourth-order valence-corrected chi connectivity index (χ4v) is 3.20. The second-order valence-corrected chi connectivity index (χ2v) is 7.55. The van der Waals surface area contributed by atoms with Crippen LogP contribution in [0.25, 0.3) is 5.69 Å². The first kappa shape index (κ1) is 28.5. The first-order valence-electron chi connectivity index (χ1n) is 9.15. The maximum atomic E-state index is 14.5. The summed E-state index contributed by atoms with van der Waals surface area (Å²) in [4.78, 5) is 12.0. The topological polar surface area (TPSA) is 62.6 Å². The zero-order chi connectivity index (χ0) is 26.8. The van der Waals surface area contributed by atoms with Gasteiger partial charge in [0.1, 0.15) is 17.1 Å². The first-order chi connectivity index (χ1) is 15.9. The second-order valence-electron chi connectivity index (χ2n) is 6.53. The van der Waals surface area contributed by atoms with Crippen molar-refractivity contribution in [3.63, 3.8) is 0 Å². The van der Waals surface area contributed by atoms with Gasteiger partial charge in [-0.05, 0) is 31.5 Å². The molecule has 0 saturated carbocycles. The molecule has 1 unspecified atom stereocenters. The predicted molar refractivity (Wildman–Crippen MR) is 98.6 cm³/mol. The number of rotatable bonds is 9. The van der Waals surface area contributed by atoms with Crippen molar-refractivity contribution >= 4 is 17.7 Å². The summed E-state index contributed by atoms with van der Waals surface area (Å²) in [7, 11) is 0. The molecular formula is C18H14F10N2O4S. The minimum Gasteiger partial charge on any atom is -0.462 e. The average molecular weight is 544 g/mol. The summed E-state index contributed by atoms with van der Waals surface area (Å²) in [5.41, 5.74) is -1.55. The van der Waals surface area contributed by atoms with Crippen LogP contribution < -0.4 is 4.74 Å². The molecule has 0 spiro atoms. The van der Waals surface area contributed by atoms with E-state index < -0.39 is 59.7 Å². The molecule has 1 aromatic heterocycles. The van der Waals surface area contributed by atoms with E-state index in [1.54, 1.807) is 0 Å². The van der Waals surface area contributed by atoms with Crippen LogP contribution in [-0.2, 0) is 9.47 Å². The first-order valence-corrected chi connectivity index (χ1v) is 10.1. The number of halogens is 10. The van der Waals surface area contributed by atoms with Crippen LogP contribution in [0.5, 0.6) is 5.88 Å². The molecule has 1 heterocycles. The predicted octanol–water partition coefficient (Wildman–Crippen LogP) is 5.95. The molecule has 1 aromatic carbocycles. The van der Waals surface area contributed by atoms with E-state index in [0.29, 0.717) is 10.9 Å². The molecule has 6 nitrogen and oxygen atoms in total. The van der Waals surface area contributed by atoms with Gasteiger partial charge in [0.25, 0.3) is 5.88 Å². The summed E-state index contributed by atoms with van der Waals surface area (Å²) in [6, 6.07) is 1.65. The normalized spacial score (nSPS) is 13.6. The SMILES string of the molecule is CCOC(=O)c1cn(-c2cc(SCC(F)(F)F)c(C)cc2F)nc1OC(F)(F)C(F)OC(F)(F)F. The summed E-state index contributed by atoms with van der Waals surface area (Å²) < 4.78 is 141. The number of nitrogens with zero attached hydrogens (tertiary/aromatic N) is 2. The minimum absolute atomic E-state index is 0.0749. The molecule has 0 amide bonds. The van der Waals surface area contributed by atoms with Gasteiger partial charge in [0.2, 0.25) is 0 Å². The monoisotopic (exact) mass is 544 g/mol. The van der Waals surface area contributed by atoms with E-state index in [1.165, 1.54) is 13.8 Å². The molecule has 0 saturated heterocycles. The van der Waals surface area contributed by atoms with Gasteiger partial charge in [-0.2, -0.15) is 22.0 Å². The van der Waals surface area contributed by atoms with Crippen LogP contribution in [0.3, 0.4) is 0 Å². The molecule has 0 fully saturated rings. The van der Waals surface area contributed by atoms with Crippen LogP contribution in [0.1, 0.15) is 22.8 Å². The quantitative estimate of drug-likeness (QED) is 0.221. The Bertz CT molecular complexity index is 1060. The summed E-state index contributed by atoms with van der Waals surface area (Å²) >= 11 is 0.268. The fourth-order valence-electron chi connectivity index (χ4n) is 2.40. The zero-order valence-electron chi connectivity index (χ0n) is 17.4. The molecule has 0 aliphatic rings. The smallest absolute Gasteiger partial charge is 0.462 e. The zero-order valence-corrected chi connectivity index (χ0v) is 18.3. The van der Waals surface area contributed by atoms with E-state index in [1.807, 2.05) is 0 Å². The third kappa shape index (κ3) is 7.91. The molecular weight excluding hydrogens is 530 g/mol. The lowest BCUT2D eigenvalue weighted by Crippen LogP contribution is -2.41. The van der Waals surface area contributed by atoms with Crippen molar-refractivity contribution in [2.75, 3.05) is 12.4 Å². The van der Waals surface area contributed by atoms with Crippen molar-refractivity contribution < 1.29 is 62.9 Å². The molecule has 2 aromatic rings. The maximum absolute atomic E-state index is 14.5. The number of esters is 1. The van der Waals surface area contributed by atoms with Crippen LogP contribution >= 0.6 is 11.8 Å². The molecule has 35 heavy (non-hydrogen) atoms. The number of alkyl halides is 9. The van der Waals surface area contributed by atoms with Gasteiger partial charge >= 0.3 is 31.0 Å². The van der Waals surface area contributed by atoms with Gasteiger partial charge in [0.05, 0.1) is 12.4 Å². The molecule has 0 bridgehead atoms. The highest BCUT2D eigenvalue weighted by atomic mass is 32.2. The number of hydrogen-bond acceptors (Lipinski definition) is 6. The van der Waals surface area contributed by atoms with E-state index in [9.17, 15) is 48.7 Å². The Hall–Kier alpha value is -2.69. The molecule has 0 aliphatic heterocycles. The Labute approximate surface area is 194 Å². The number of benzene rings is 1. The molecule has 0 N–H and O–H groups in total. The largest absolute Gasteiger partial charge is 0.525 e. The Balaban J connectivity index is 2.50. The summed E-state index contributed by atoms with van der Waals surface area (Å²) in [5.74, 6) is -5.36. The van der Waals surface area contributed by atoms with Gasteiger partial charge in [-0.25, -0.2) is 23.0 Å². The molecule has 0 radical (unpaired) electrons. The second kappa shape index (κ2) is 10.5. The molecule has 17 heteroatoms. The number of carbonyl (C=O) groups is 1. The molecule has 1 atom stereocenters. The summed E-state index contributed by atoms with van der Waals surface area (Å²) in [6.07, 6.45) is -19.6. The van der Waals surface area contributed by atoms with Crippen molar-refractivity contribution in [3.05, 3.63) is 35.3 Å². The van der Waals surface area contributed by atoms with Crippen LogP contribution in [0.15, 0.2) is 23.2 Å². The molecule has 196 valence electrons. The average Bonchev–Trinajstić information content (AvgIpc) is 3.08. The van der Waals surface area contributed by atoms with Crippen LogP contribution in [0.4, 0.5) is 43.9 Å². The van der Waals surface area contributed by atoms with Crippen molar-refractivity contribution in [1.29, 1.82) is 0 Å². The fraction of sp³-hybridized carbons (Fsp3) is 0.444. The van der Waals surface area contributed by atoms with E-state index in [0.717, 1.165) is 12.1 Å². The standard InChI is InChI=1S/C18H14F10N2O4S/c1-3-32-14(31)9-6-30(29-13(9)33-17(24,25)15(20)34-18(26,27)28)11-5-12(8(2)4-10(11)19)35-7-16(21,22)23/h4-6,15H,3,7H2,1-2H3. The van der Waals surface area contributed by atoms with E-state index in [4.69, 9.17) is 0 Å². The number of ether oxygens (including phenoxy) is 3. The highest BCUT2D eigenvalue weighted by molar-refractivity contribution is 7.99. The van der Waals surface area contributed by atoms with Crippen LogP contribution in [0, 0.1) is 12.7 Å². The van der Waals surface area contributed by atoms with Crippen LogP contribution in [-0.4, -0.2) is 53.1 Å². The third-order valence-corrected chi connectivity index (χ3v) is 5.01. The lowest BCUT2D eigenvalue weighted by atomic mass is 10.2. The number of aryl methyl sites for hydroxylation is 1. The maximum Gasteiger partial charge on any atom is 0.525 e. The van der Waals surface area contributed by atoms with E-state index in [-0.39, 0.29) is 28.8 Å². The number of thioether (sulfide) groups is 1. The highest BCUT2D eigenvalue weighted by Gasteiger charge is 2.51. The molecule has 0 aliphatic carbocycles. The Kier molecular flexibility index (Phi) is 8.57. The van der Waals surface area contributed by atoms with Gasteiger partial charge in [-0.3, -0.25) is 0 Å². The van der Waals surface area contributed by atoms with Crippen molar-refractivity contribution in [3.8, 4) is 11.6 Å². The van der Waals surface area contributed by atoms with Gasteiger partial charge in [0.15, 0.2) is 0 Å². The lowest BCUT2D eigenvalue weighted by Gasteiger charge is -2.21. The highest BCUT2D eigenvalue weighted by Crippen LogP contribution is 2.35. The Morgan fingerprint density at radius 1 is 1.14 bits per heavy atom. The number of hydrogen-bond donors (Lipinski definition) is 0. The van der Waals surface area contributed by atoms with Crippen molar-refractivity contribution in [2.45, 2.75) is 43.7 Å².